The van der Waals surface area contributed by atoms with Crippen LogP contribution in [0.15, 0.2) is 0 Å². The molecule has 0 saturated heterocycles. The molecule has 0 spiro atoms. The summed E-state index contributed by atoms with van der Waals surface area (Å²) in [5.41, 5.74) is 0. The van der Waals surface area contributed by atoms with E-state index in [0.29, 0.717) is 12.3 Å². The maximum absolute atomic E-state index is 11.1. The molecule has 0 aromatic carbocycles. The van der Waals surface area contributed by atoms with Crippen molar-refractivity contribution in [3.63, 3.8) is 0 Å². The van der Waals surface area contributed by atoms with E-state index < -0.39 is 0 Å². The van der Waals surface area contributed by atoms with Gasteiger partial charge in [0.25, 0.3) is 0 Å². The van der Waals surface area contributed by atoms with E-state index >= 15 is 0 Å². The Morgan fingerprint density at radius 3 is 2.64 bits per heavy atom. The van der Waals surface area contributed by atoms with Crippen molar-refractivity contribution in [2.45, 2.75) is 51.6 Å². The van der Waals surface area contributed by atoms with Gasteiger partial charge in [-0.3, -0.25) is 4.79 Å². The van der Waals surface area contributed by atoms with Crippen molar-refractivity contribution in [2.24, 2.45) is 5.92 Å². The fourth-order valence-corrected chi connectivity index (χ4v) is 1.93. The summed E-state index contributed by atoms with van der Waals surface area (Å²) in [6.45, 7) is 1.79. The lowest BCUT2D eigenvalue weighted by atomic mass is 9.85. The van der Waals surface area contributed by atoms with Crippen LogP contribution in [-0.4, -0.2) is 12.1 Å². The van der Waals surface area contributed by atoms with Gasteiger partial charge in [-0.15, -0.1) is 6.42 Å². The molecule has 1 saturated carbocycles. The SMILES string of the molecule is C#CC(OC(=O)CC)C1CCCCC1. The quantitative estimate of drug-likeness (QED) is 0.509. The van der Waals surface area contributed by atoms with Crippen LogP contribution < -0.4 is 0 Å². The first-order chi connectivity index (χ1) is 6.77. The van der Waals surface area contributed by atoms with E-state index in [-0.39, 0.29) is 12.1 Å². The van der Waals surface area contributed by atoms with Crippen LogP contribution in [0, 0.1) is 18.3 Å². The van der Waals surface area contributed by atoms with Crippen LogP contribution in [0.25, 0.3) is 0 Å². The van der Waals surface area contributed by atoms with Crippen molar-refractivity contribution in [2.75, 3.05) is 0 Å². The number of ether oxygens (including phenoxy) is 1. The zero-order chi connectivity index (χ0) is 10.4. The highest BCUT2D eigenvalue weighted by Gasteiger charge is 2.24. The van der Waals surface area contributed by atoms with Crippen LogP contribution in [-0.2, 0) is 9.53 Å². The molecule has 0 N–H and O–H groups in total. The summed E-state index contributed by atoms with van der Waals surface area (Å²) in [4.78, 5) is 11.1. The molecule has 0 amide bonds. The van der Waals surface area contributed by atoms with E-state index in [4.69, 9.17) is 11.2 Å². The number of hydrogen-bond donors (Lipinski definition) is 0. The predicted molar refractivity (Wildman–Crippen MR) is 55.6 cm³/mol. The minimum Gasteiger partial charge on any atom is -0.449 e. The molecule has 0 heterocycles. The second-order valence-corrected chi connectivity index (χ2v) is 3.83. The Labute approximate surface area is 86.0 Å². The Bertz CT molecular complexity index is 221. The highest BCUT2D eigenvalue weighted by Crippen LogP contribution is 2.27. The molecule has 2 nitrogen and oxygen atoms in total. The highest BCUT2D eigenvalue weighted by atomic mass is 16.5. The third-order valence-corrected chi connectivity index (χ3v) is 2.79. The van der Waals surface area contributed by atoms with E-state index in [9.17, 15) is 4.79 Å². The van der Waals surface area contributed by atoms with E-state index in [1.54, 1.807) is 6.92 Å². The summed E-state index contributed by atoms with van der Waals surface area (Å²) in [5, 5.41) is 0. The second kappa shape index (κ2) is 5.70. The van der Waals surface area contributed by atoms with Crippen LogP contribution in [0.1, 0.15) is 45.4 Å². The normalized spacial score (nSPS) is 19.7. The molecule has 78 valence electrons. The summed E-state index contributed by atoms with van der Waals surface area (Å²) < 4.78 is 5.21. The lowest BCUT2D eigenvalue weighted by Gasteiger charge is -2.26. The van der Waals surface area contributed by atoms with Gasteiger partial charge in [0.2, 0.25) is 0 Å². The van der Waals surface area contributed by atoms with Gasteiger partial charge in [0, 0.05) is 12.3 Å². The van der Waals surface area contributed by atoms with Crippen molar-refractivity contribution >= 4 is 5.97 Å². The highest BCUT2D eigenvalue weighted by molar-refractivity contribution is 5.69. The summed E-state index contributed by atoms with van der Waals surface area (Å²) in [5.74, 6) is 2.80. The van der Waals surface area contributed by atoms with Crippen molar-refractivity contribution in [1.29, 1.82) is 0 Å². The Kier molecular flexibility index (Phi) is 4.52. The lowest BCUT2D eigenvalue weighted by molar-refractivity contribution is -0.148. The number of terminal acetylenes is 1. The van der Waals surface area contributed by atoms with Gasteiger partial charge in [-0.25, -0.2) is 0 Å². The Morgan fingerprint density at radius 1 is 1.50 bits per heavy atom. The number of carbonyl (C=O) groups excluding carboxylic acids is 1. The lowest BCUT2D eigenvalue weighted by Crippen LogP contribution is -2.27. The molecule has 1 aliphatic carbocycles. The van der Waals surface area contributed by atoms with Crippen molar-refractivity contribution in [1.82, 2.24) is 0 Å². The summed E-state index contributed by atoms with van der Waals surface area (Å²) in [7, 11) is 0. The smallest absolute Gasteiger partial charge is 0.306 e. The van der Waals surface area contributed by atoms with E-state index in [1.165, 1.54) is 19.3 Å². The Balaban J connectivity index is 2.44. The maximum Gasteiger partial charge on any atom is 0.306 e. The summed E-state index contributed by atoms with van der Waals surface area (Å²) >= 11 is 0. The van der Waals surface area contributed by atoms with Gasteiger partial charge in [-0.2, -0.15) is 0 Å². The Morgan fingerprint density at radius 2 is 2.14 bits per heavy atom. The van der Waals surface area contributed by atoms with E-state index in [2.05, 4.69) is 5.92 Å². The maximum atomic E-state index is 11.1. The molecular weight excluding hydrogens is 176 g/mol. The van der Waals surface area contributed by atoms with Crippen molar-refractivity contribution < 1.29 is 9.53 Å². The van der Waals surface area contributed by atoms with Crippen LogP contribution in [0.5, 0.6) is 0 Å². The van der Waals surface area contributed by atoms with Crippen molar-refractivity contribution in [3.8, 4) is 12.3 Å². The monoisotopic (exact) mass is 194 g/mol. The van der Waals surface area contributed by atoms with E-state index in [1.807, 2.05) is 0 Å². The van der Waals surface area contributed by atoms with Crippen molar-refractivity contribution in [3.05, 3.63) is 0 Å². The van der Waals surface area contributed by atoms with Crippen LogP contribution >= 0.6 is 0 Å². The number of hydrogen-bond acceptors (Lipinski definition) is 2. The molecule has 2 heteroatoms. The zero-order valence-electron chi connectivity index (χ0n) is 8.79. The second-order valence-electron chi connectivity index (χ2n) is 3.83. The minimum atomic E-state index is -0.289. The molecule has 1 unspecified atom stereocenters. The first-order valence-electron chi connectivity index (χ1n) is 5.43. The fraction of sp³-hybridized carbons (Fsp3) is 0.750. The molecular formula is C12H18O2. The van der Waals surface area contributed by atoms with Crippen LogP contribution in [0.2, 0.25) is 0 Å². The average Bonchev–Trinajstić information content (AvgIpc) is 2.26. The van der Waals surface area contributed by atoms with Gasteiger partial charge in [0.15, 0.2) is 6.10 Å². The number of carbonyl (C=O) groups is 1. The van der Waals surface area contributed by atoms with Crippen LogP contribution in [0.3, 0.4) is 0 Å². The molecule has 0 aliphatic heterocycles. The topological polar surface area (TPSA) is 26.3 Å². The van der Waals surface area contributed by atoms with Gasteiger partial charge in [-0.1, -0.05) is 32.1 Å². The van der Waals surface area contributed by atoms with Gasteiger partial charge >= 0.3 is 5.97 Å². The molecule has 1 fully saturated rings. The minimum absolute atomic E-state index is 0.182. The molecule has 0 bridgehead atoms. The zero-order valence-corrected chi connectivity index (χ0v) is 8.79. The summed E-state index contributed by atoms with van der Waals surface area (Å²) in [6, 6.07) is 0. The molecule has 1 aliphatic rings. The number of rotatable bonds is 3. The standard InChI is InChI=1S/C12H18O2/c1-3-11(14-12(13)4-2)10-8-6-5-7-9-10/h1,10-11H,4-9H2,2H3. The largest absolute Gasteiger partial charge is 0.449 e. The van der Waals surface area contributed by atoms with E-state index in [0.717, 1.165) is 12.8 Å². The Hall–Kier alpha value is -0.970. The molecule has 1 rings (SSSR count). The fourth-order valence-electron chi connectivity index (χ4n) is 1.93. The molecule has 0 aromatic rings. The number of esters is 1. The van der Waals surface area contributed by atoms with Gasteiger partial charge in [-0.05, 0) is 12.8 Å². The van der Waals surface area contributed by atoms with Crippen LogP contribution in [0.4, 0.5) is 0 Å². The molecule has 0 aromatic heterocycles. The first kappa shape index (κ1) is 11.1. The van der Waals surface area contributed by atoms with Gasteiger partial charge in [0.05, 0.1) is 0 Å². The summed E-state index contributed by atoms with van der Waals surface area (Å²) in [6.07, 6.45) is 11.4. The predicted octanol–water partition coefficient (Wildman–Crippen LogP) is 2.52. The third-order valence-electron chi connectivity index (χ3n) is 2.79. The van der Waals surface area contributed by atoms with Gasteiger partial charge < -0.3 is 4.74 Å². The van der Waals surface area contributed by atoms with Gasteiger partial charge in [0.1, 0.15) is 0 Å². The first-order valence-corrected chi connectivity index (χ1v) is 5.43. The third kappa shape index (κ3) is 3.06. The average molecular weight is 194 g/mol. The molecule has 1 atom stereocenters. The molecule has 0 radical (unpaired) electrons. The molecule has 14 heavy (non-hydrogen) atoms.